The summed E-state index contributed by atoms with van der Waals surface area (Å²) in [5, 5.41) is 0. The van der Waals surface area contributed by atoms with Gasteiger partial charge in [0.1, 0.15) is 12.0 Å². The van der Waals surface area contributed by atoms with E-state index >= 15 is 0 Å². The van der Waals surface area contributed by atoms with Crippen LogP contribution >= 0.6 is 0 Å². The molecule has 0 atom stereocenters. The molecule has 0 unspecified atom stereocenters. The summed E-state index contributed by atoms with van der Waals surface area (Å²) in [4.78, 5) is 18.6. The first-order chi connectivity index (χ1) is 7.41. The largest absolute Gasteiger partial charge is 0.433 e. The number of hydrogen-bond donors (Lipinski definition) is 0. The van der Waals surface area contributed by atoms with Gasteiger partial charge in [0.25, 0.3) is 5.56 Å². The molecular weight excluding hydrogens is 223 g/mol. The van der Waals surface area contributed by atoms with Crippen LogP contribution in [0, 0.1) is 6.92 Å². The Morgan fingerprint density at radius 1 is 1.38 bits per heavy atom. The van der Waals surface area contributed by atoms with Crippen LogP contribution in [0.5, 0.6) is 0 Å². The molecule has 0 aliphatic heterocycles. The van der Waals surface area contributed by atoms with E-state index in [1.54, 1.807) is 0 Å². The summed E-state index contributed by atoms with van der Waals surface area (Å²) in [5.74, 6) is 0. The number of rotatable bonds is 0. The predicted molar refractivity (Wildman–Crippen MR) is 49.0 cm³/mol. The second-order valence-electron chi connectivity index (χ2n) is 3.20. The molecule has 0 fully saturated rings. The van der Waals surface area contributed by atoms with E-state index in [0.29, 0.717) is 0 Å². The lowest BCUT2D eigenvalue weighted by molar-refractivity contribution is -0.141. The second kappa shape index (κ2) is 3.29. The fraction of sp³-hybridized carbons (Fsp3) is 0.222. The summed E-state index contributed by atoms with van der Waals surface area (Å²) in [6.07, 6.45) is -2.21. The Kier molecular flexibility index (Phi) is 2.18. The third kappa shape index (κ3) is 1.54. The molecule has 16 heavy (non-hydrogen) atoms. The van der Waals surface area contributed by atoms with E-state index in [2.05, 4.69) is 9.97 Å². The molecule has 2 aromatic rings. The number of halogens is 3. The molecular formula is C9H6F3N3O. The molecule has 0 radical (unpaired) electrons. The summed E-state index contributed by atoms with van der Waals surface area (Å²) in [7, 11) is 0. The Bertz CT molecular complexity index is 603. The average molecular weight is 229 g/mol. The fourth-order valence-electron chi connectivity index (χ4n) is 1.36. The third-order valence-corrected chi connectivity index (χ3v) is 2.13. The van der Waals surface area contributed by atoms with Gasteiger partial charge in [-0.2, -0.15) is 13.2 Å². The van der Waals surface area contributed by atoms with E-state index in [4.69, 9.17) is 0 Å². The molecule has 2 rings (SSSR count). The van der Waals surface area contributed by atoms with Gasteiger partial charge in [0, 0.05) is 11.8 Å². The van der Waals surface area contributed by atoms with Gasteiger partial charge in [-0.25, -0.2) is 9.97 Å². The summed E-state index contributed by atoms with van der Waals surface area (Å²) in [6.45, 7) is 1.09. The lowest BCUT2D eigenvalue weighted by Gasteiger charge is -2.09. The Morgan fingerprint density at radius 3 is 2.69 bits per heavy atom. The zero-order valence-corrected chi connectivity index (χ0v) is 8.12. The summed E-state index contributed by atoms with van der Waals surface area (Å²) in [5.41, 5.74) is -2.41. The van der Waals surface area contributed by atoms with Crippen molar-refractivity contribution in [1.82, 2.24) is 14.4 Å². The maximum atomic E-state index is 12.5. The smallest absolute Gasteiger partial charge is 0.269 e. The SMILES string of the molecule is Cc1c(C(F)(F)F)nc2ccncn2c1=O. The quantitative estimate of drug-likeness (QED) is 0.686. The van der Waals surface area contributed by atoms with Gasteiger partial charge in [0.05, 0.1) is 0 Å². The van der Waals surface area contributed by atoms with Gasteiger partial charge in [-0.05, 0) is 13.0 Å². The van der Waals surface area contributed by atoms with Gasteiger partial charge in [0.2, 0.25) is 0 Å². The number of nitrogens with zero attached hydrogens (tertiary/aromatic N) is 3. The predicted octanol–water partition coefficient (Wildman–Crippen LogP) is 1.42. The van der Waals surface area contributed by atoms with Gasteiger partial charge in [-0.1, -0.05) is 0 Å². The molecule has 0 aromatic carbocycles. The maximum absolute atomic E-state index is 12.5. The summed E-state index contributed by atoms with van der Waals surface area (Å²) in [6, 6.07) is 1.25. The molecule has 2 heterocycles. The molecule has 0 N–H and O–H groups in total. The van der Waals surface area contributed by atoms with Crippen LogP contribution in [0.3, 0.4) is 0 Å². The fourth-order valence-corrected chi connectivity index (χ4v) is 1.36. The summed E-state index contributed by atoms with van der Waals surface area (Å²) >= 11 is 0. The first kappa shape index (κ1) is 10.6. The molecule has 84 valence electrons. The van der Waals surface area contributed by atoms with E-state index in [-0.39, 0.29) is 5.65 Å². The van der Waals surface area contributed by atoms with Crippen molar-refractivity contribution in [3.05, 3.63) is 40.2 Å². The molecule has 0 spiro atoms. The highest BCUT2D eigenvalue weighted by atomic mass is 19.4. The Morgan fingerprint density at radius 2 is 2.06 bits per heavy atom. The Labute approximate surface area is 87.4 Å². The first-order valence-electron chi connectivity index (χ1n) is 4.31. The van der Waals surface area contributed by atoms with Gasteiger partial charge >= 0.3 is 6.18 Å². The van der Waals surface area contributed by atoms with Crippen LogP contribution in [0.25, 0.3) is 5.65 Å². The van der Waals surface area contributed by atoms with Crippen LogP contribution < -0.4 is 5.56 Å². The minimum absolute atomic E-state index is 0.0714. The molecule has 2 aromatic heterocycles. The lowest BCUT2D eigenvalue weighted by atomic mass is 10.2. The second-order valence-corrected chi connectivity index (χ2v) is 3.20. The summed E-state index contributed by atoms with van der Waals surface area (Å²) < 4.78 is 38.6. The van der Waals surface area contributed by atoms with Crippen molar-refractivity contribution < 1.29 is 13.2 Å². The van der Waals surface area contributed by atoms with Gasteiger partial charge in [0.15, 0.2) is 5.69 Å². The van der Waals surface area contributed by atoms with Gasteiger partial charge in [-0.15, -0.1) is 0 Å². The highest BCUT2D eigenvalue weighted by Crippen LogP contribution is 2.28. The van der Waals surface area contributed by atoms with Crippen molar-refractivity contribution in [3.63, 3.8) is 0 Å². The maximum Gasteiger partial charge on any atom is 0.433 e. The standard InChI is InChI=1S/C9H6F3N3O/c1-5-7(9(10,11)12)14-6-2-3-13-4-15(6)8(5)16/h2-4H,1H3. The Hall–Kier alpha value is -1.92. The average Bonchev–Trinajstić information content (AvgIpc) is 2.22. The van der Waals surface area contributed by atoms with E-state index in [1.165, 1.54) is 12.3 Å². The zero-order chi connectivity index (χ0) is 11.9. The minimum atomic E-state index is -4.62. The molecule has 0 bridgehead atoms. The van der Waals surface area contributed by atoms with Crippen molar-refractivity contribution in [2.45, 2.75) is 13.1 Å². The van der Waals surface area contributed by atoms with Crippen molar-refractivity contribution in [2.24, 2.45) is 0 Å². The molecule has 0 aliphatic rings. The van der Waals surface area contributed by atoms with Crippen molar-refractivity contribution in [3.8, 4) is 0 Å². The van der Waals surface area contributed by atoms with Gasteiger partial charge < -0.3 is 0 Å². The van der Waals surface area contributed by atoms with Crippen LogP contribution in [0.2, 0.25) is 0 Å². The number of fused-ring (bicyclic) bond motifs is 1. The first-order valence-corrected chi connectivity index (χ1v) is 4.31. The van der Waals surface area contributed by atoms with Crippen molar-refractivity contribution in [2.75, 3.05) is 0 Å². The zero-order valence-electron chi connectivity index (χ0n) is 8.12. The highest BCUT2D eigenvalue weighted by molar-refractivity contribution is 5.39. The van der Waals surface area contributed by atoms with Crippen LogP contribution in [0.1, 0.15) is 11.3 Å². The lowest BCUT2D eigenvalue weighted by Crippen LogP contribution is -2.24. The van der Waals surface area contributed by atoms with E-state index < -0.39 is 23.0 Å². The normalized spacial score (nSPS) is 12.0. The molecule has 0 saturated carbocycles. The molecule has 0 aliphatic carbocycles. The topological polar surface area (TPSA) is 47.3 Å². The number of hydrogen-bond acceptors (Lipinski definition) is 3. The highest BCUT2D eigenvalue weighted by Gasteiger charge is 2.36. The van der Waals surface area contributed by atoms with E-state index in [1.807, 2.05) is 0 Å². The van der Waals surface area contributed by atoms with Crippen LogP contribution in [-0.4, -0.2) is 14.4 Å². The monoisotopic (exact) mass is 229 g/mol. The van der Waals surface area contributed by atoms with Gasteiger partial charge in [-0.3, -0.25) is 9.20 Å². The Balaban J connectivity index is 2.90. The minimum Gasteiger partial charge on any atom is -0.269 e. The number of alkyl halides is 3. The van der Waals surface area contributed by atoms with Crippen LogP contribution in [-0.2, 0) is 6.18 Å². The third-order valence-electron chi connectivity index (χ3n) is 2.13. The molecule has 0 amide bonds. The number of aromatic nitrogens is 3. The molecule has 0 saturated heterocycles. The van der Waals surface area contributed by atoms with Crippen LogP contribution in [0.15, 0.2) is 23.4 Å². The van der Waals surface area contributed by atoms with Crippen LogP contribution in [0.4, 0.5) is 13.2 Å². The molecule has 4 nitrogen and oxygen atoms in total. The van der Waals surface area contributed by atoms with Crippen molar-refractivity contribution in [1.29, 1.82) is 0 Å². The van der Waals surface area contributed by atoms with E-state index in [9.17, 15) is 18.0 Å². The molecule has 7 heteroatoms. The van der Waals surface area contributed by atoms with E-state index in [0.717, 1.165) is 17.7 Å². The van der Waals surface area contributed by atoms with Crippen molar-refractivity contribution >= 4 is 5.65 Å².